The van der Waals surface area contributed by atoms with Gasteiger partial charge in [0.1, 0.15) is 0 Å². The second kappa shape index (κ2) is 13.4. The van der Waals surface area contributed by atoms with Gasteiger partial charge in [0.15, 0.2) is 17.5 Å². The van der Waals surface area contributed by atoms with Crippen LogP contribution in [0, 0.1) is 0 Å². The maximum Gasteiger partial charge on any atom is 0.164 e. The van der Waals surface area contributed by atoms with Gasteiger partial charge in [-0.3, -0.25) is 0 Å². The van der Waals surface area contributed by atoms with E-state index in [9.17, 15) is 0 Å². The Morgan fingerprint density at radius 2 is 0.833 bits per heavy atom. The Labute approximate surface area is 323 Å². The predicted molar refractivity (Wildman–Crippen MR) is 225 cm³/mol. The van der Waals surface area contributed by atoms with E-state index in [1.165, 1.54) is 0 Å². The summed E-state index contributed by atoms with van der Waals surface area (Å²) in [5, 5.41) is 4.26. The van der Waals surface area contributed by atoms with E-state index >= 15 is 0 Å². The lowest BCUT2D eigenvalue weighted by Crippen LogP contribution is -2.00. The first-order valence-corrected chi connectivity index (χ1v) is 17.7. The van der Waals surface area contributed by atoms with E-state index in [1.807, 2.05) is 54.6 Å². The van der Waals surface area contributed by atoms with Crippen molar-refractivity contribution in [3.63, 3.8) is 0 Å². The zero-order chi connectivity index (χ0) is 41.9. The fraction of sp³-hybridized carbons (Fsp3) is 0. The molecule has 0 unspecified atom stereocenters. The van der Waals surface area contributed by atoms with Crippen molar-refractivity contribution < 1.29 is 9.60 Å². The Morgan fingerprint density at radius 1 is 0.296 bits per heavy atom. The highest BCUT2D eigenvalue weighted by molar-refractivity contribution is 5.98. The molecular weight excluding hydrogens is 655 g/mol. The lowest BCUT2D eigenvalue weighted by Gasteiger charge is -2.12. The van der Waals surface area contributed by atoms with Crippen LogP contribution >= 0.6 is 0 Å². The maximum atomic E-state index is 8.98. The molecule has 0 N–H and O–H groups in total. The summed E-state index contributed by atoms with van der Waals surface area (Å²) in [6.45, 7) is 0. The molecule has 0 spiro atoms. The van der Waals surface area contributed by atoms with Crippen molar-refractivity contribution in [3.8, 4) is 67.5 Å². The van der Waals surface area contributed by atoms with E-state index in [4.69, 9.17) is 24.5 Å². The van der Waals surface area contributed by atoms with E-state index in [1.54, 1.807) is 18.2 Å². The number of nitrogens with zero attached hydrogens (tertiary/aromatic N) is 3. The molecule has 0 amide bonds. The summed E-state index contributed by atoms with van der Waals surface area (Å²) in [5.74, 6) is 1.24. The van der Waals surface area contributed by atoms with Crippen LogP contribution in [0.1, 0.15) is 9.60 Å². The van der Waals surface area contributed by atoms with Gasteiger partial charge in [-0.1, -0.05) is 176 Å². The van der Waals surface area contributed by atoms with Crippen molar-refractivity contribution in [2.24, 2.45) is 0 Å². The highest BCUT2D eigenvalue weighted by Gasteiger charge is 2.15. The number of rotatable bonds is 6. The third-order valence-electron chi connectivity index (χ3n) is 9.78. The van der Waals surface area contributed by atoms with Gasteiger partial charge < -0.3 is 0 Å². The average Bonchev–Trinajstić information content (AvgIpc) is 3.31. The summed E-state index contributed by atoms with van der Waals surface area (Å²) < 4.78 is 60.4. The quantitative estimate of drug-likeness (QED) is 0.174. The molecule has 0 bridgehead atoms. The van der Waals surface area contributed by atoms with Gasteiger partial charge in [0.2, 0.25) is 0 Å². The Morgan fingerprint density at radius 3 is 1.59 bits per heavy atom. The molecule has 9 aromatic carbocycles. The van der Waals surface area contributed by atoms with Gasteiger partial charge in [0.05, 0.1) is 9.60 Å². The number of hydrogen-bond donors (Lipinski definition) is 0. The molecule has 0 atom stereocenters. The summed E-state index contributed by atoms with van der Waals surface area (Å²) >= 11 is 0. The van der Waals surface area contributed by atoms with Gasteiger partial charge in [-0.05, 0) is 90.0 Å². The van der Waals surface area contributed by atoms with Crippen LogP contribution in [-0.4, -0.2) is 15.0 Å². The van der Waals surface area contributed by atoms with Crippen LogP contribution in [0.2, 0.25) is 0 Å². The molecule has 10 rings (SSSR count). The van der Waals surface area contributed by atoms with Crippen molar-refractivity contribution >= 4 is 32.3 Å². The number of hydrogen-bond acceptors (Lipinski definition) is 3. The third-order valence-corrected chi connectivity index (χ3v) is 9.78. The summed E-state index contributed by atoms with van der Waals surface area (Å²) in [4.78, 5) is 15.2. The van der Waals surface area contributed by atoms with Gasteiger partial charge in [0.25, 0.3) is 0 Å². The molecule has 54 heavy (non-hydrogen) atoms. The highest BCUT2D eigenvalue weighted by Crippen LogP contribution is 2.35. The van der Waals surface area contributed by atoms with Crippen LogP contribution in [0.5, 0.6) is 0 Å². The van der Waals surface area contributed by atoms with E-state index in [0.717, 1.165) is 54.9 Å². The molecule has 0 saturated heterocycles. The first-order chi connectivity index (χ1) is 29.6. The minimum absolute atomic E-state index is 0.0167. The van der Waals surface area contributed by atoms with Crippen LogP contribution < -0.4 is 0 Å². The van der Waals surface area contributed by atoms with Crippen LogP contribution in [0.3, 0.4) is 0 Å². The Kier molecular flexibility index (Phi) is 6.17. The highest BCUT2D eigenvalue weighted by atomic mass is 15.0. The zero-order valence-electron chi connectivity index (χ0n) is 35.9. The first-order valence-electron chi connectivity index (χ1n) is 21.2. The summed E-state index contributed by atoms with van der Waals surface area (Å²) in [5.41, 5.74) is 7.01. The molecule has 0 fully saturated rings. The SMILES string of the molecule is [2H]c1c([2H])c([2H])c2c(-c3cccc(-c4nc(-c5cccc(-c6cccc7ccccc67)c5)nc(-c5ccc6cc(-c7ccccc7)ccc6c5)n4)c3)c([2H])c([2H])c([2H])c2c1[2H]. The first kappa shape index (κ1) is 24.9. The molecule has 1 aromatic heterocycles. The second-order valence-electron chi connectivity index (χ2n) is 13.1. The van der Waals surface area contributed by atoms with Gasteiger partial charge in [0, 0.05) is 16.7 Å². The van der Waals surface area contributed by atoms with Crippen LogP contribution in [0.4, 0.5) is 0 Å². The molecule has 0 saturated carbocycles. The number of fused-ring (bicyclic) bond motifs is 3. The molecule has 3 heteroatoms. The van der Waals surface area contributed by atoms with E-state index in [0.29, 0.717) is 28.6 Å². The number of aromatic nitrogens is 3. The Bertz CT molecular complexity index is 3390. The maximum absolute atomic E-state index is 8.98. The third kappa shape index (κ3) is 5.88. The monoisotopic (exact) mass is 694 g/mol. The van der Waals surface area contributed by atoms with Crippen LogP contribution in [0.15, 0.2) is 200 Å². The molecule has 0 aliphatic heterocycles. The van der Waals surface area contributed by atoms with E-state index < -0.39 is 30.2 Å². The van der Waals surface area contributed by atoms with Gasteiger partial charge in [-0.25, -0.2) is 15.0 Å². The minimum atomic E-state index is -0.497. The Balaban J connectivity index is 1.16. The fourth-order valence-corrected chi connectivity index (χ4v) is 7.10. The second-order valence-corrected chi connectivity index (χ2v) is 13.1. The molecule has 10 aromatic rings. The van der Waals surface area contributed by atoms with Crippen molar-refractivity contribution in [2.75, 3.05) is 0 Å². The summed E-state index contributed by atoms with van der Waals surface area (Å²) in [7, 11) is 0. The van der Waals surface area contributed by atoms with Crippen molar-refractivity contribution in [1.82, 2.24) is 15.0 Å². The molecule has 3 nitrogen and oxygen atoms in total. The van der Waals surface area contributed by atoms with E-state index in [2.05, 4.69) is 84.9 Å². The summed E-state index contributed by atoms with van der Waals surface area (Å²) in [6, 6.07) is 49.6. The lowest BCUT2D eigenvalue weighted by molar-refractivity contribution is 1.07. The van der Waals surface area contributed by atoms with Crippen molar-refractivity contribution in [1.29, 1.82) is 0 Å². The Hall–Kier alpha value is -7.23. The largest absolute Gasteiger partial charge is 0.208 e. The van der Waals surface area contributed by atoms with E-state index in [-0.39, 0.29) is 28.4 Å². The van der Waals surface area contributed by atoms with Crippen LogP contribution in [0.25, 0.3) is 99.9 Å². The zero-order valence-corrected chi connectivity index (χ0v) is 28.9. The lowest BCUT2D eigenvalue weighted by atomic mass is 9.96. The molecule has 0 radical (unpaired) electrons. The van der Waals surface area contributed by atoms with Crippen LogP contribution in [-0.2, 0) is 0 Å². The fourth-order valence-electron chi connectivity index (χ4n) is 7.10. The number of benzene rings is 9. The minimum Gasteiger partial charge on any atom is -0.208 e. The van der Waals surface area contributed by atoms with Gasteiger partial charge >= 0.3 is 0 Å². The normalized spacial score (nSPS) is 13.1. The molecule has 0 aliphatic carbocycles. The summed E-state index contributed by atoms with van der Waals surface area (Å²) in [6.07, 6.45) is 0. The smallest absolute Gasteiger partial charge is 0.164 e. The van der Waals surface area contributed by atoms with Crippen molar-refractivity contribution in [2.45, 2.75) is 0 Å². The molecule has 252 valence electrons. The van der Waals surface area contributed by atoms with Crippen molar-refractivity contribution in [3.05, 3.63) is 200 Å². The molecule has 1 heterocycles. The van der Waals surface area contributed by atoms with Gasteiger partial charge in [-0.2, -0.15) is 0 Å². The average molecular weight is 695 g/mol. The standard InChI is InChI=1S/C51H33N3/c1-2-12-34(13-3-1)37-26-27-39-31-44(29-28-38(39)30-37)51-53-49(42-20-8-18-40(32-42)47-24-10-16-35-14-4-6-22-45(35)47)52-50(54-51)43-21-9-19-41(33-43)48-25-11-17-36-15-5-7-23-46(36)48/h1-33H/i4D,6D,10D,14D,16D,22D,24D. The topological polar surface area (TPSA) is 38.7 Å². The predicted octanol–water partition coefficient (Wildman–Crippen LogP) is 13.3. The van der Waals surface area contributed by atoms with Gasteiger partial charge in [-0.15, -0.1) is 0 Å². The molecular formula is C51H33N3. The molecule has 0 aliphatic rings.